The molecular formula is C19H25N5O2. The third-order valence-electron chi connectivity index (χ3n) is 5.50. The number of hydrogen-bond acceptors (Lipinski definition) is 6. The number of nitrogens with zero attached hydrogens (tertiary/aromatic N) is 5. The van der Waals surface area contributed by atoms with E-state index >= 15 is 0 Å². The number of piperidine rings is 2. The molecule has 138 valence electrons. The summed E-state index contributed by atoms with van der Waals surface area (Å²) in [4.78, 5) is 25.6. The Morgan fingerprint density at radius 2 is 2.15 bits per heavy atom. The largest absolute Gasteiger partial charge is 0.340 e. The molecule has 2 aromatic rings. The molecule has 2 aliphatic heterocycles. The lowest BCUT2D eigenvalue weighted by atomic mass is 9.73. The number of hydrogen-bond donors (Lipinski definition) is 0. The molecular weight excluding hydrogens is 330 g/mol. The Morgan fingerprint density at radius 1 is 1.23 bits per heavy atom. The van der Waals surface area contributed by atoms with Gasteiger partial charge in [0.1, 0.15) is 0 Å². The highest BCUT2D eigenvalue weighted by Gasteiger charge is 2.41. The predicted molar refractivity (Wildman–Crippen MR) is 94.9 cm³/mol. The number of rotatable bonds is 4. The number of pyridine rings is 1. The number of carbonyl (C=O) groups is 1. The van der Waals surface area contributed by atoms with E-state index in [4.69, 9.17) is 4.52 Å². The zero-order chi connectivity index (χ0) is 18.0. The van der Waals surface area contributed by atoms with Crippen molar-refractivity contribution in [3.05, 3.63) is 41.8 Å². The van der Waals surface area contributed by atoms with Crippen molar-refractivity contribution in [1.29, 1.82) is 0 Å². The molecule has 4 rings (SSSR count). The molecule has 0 N–H and O–H groups in total. The molecule has 0 bridgehead atoms. The Bertz CT molecular complexity index is 762. The van der Waals surface area contributed by atoms with Gasteiger partial charge in [-0.05, 0) is 37.9 Å². The first kappa shape index (κ1) is 17.1. The van der Waals surface area contributed by atoms with Crippen LogP contribution >= 0.6 is 0 Å². The Hall–Kier alpha value is -2.28. The Labute approximate surface area is 153 Å². The minimum absolute atomic E-state index is 0.166. The van der Waals surface area contributed by atoms with Crippen LogP contribution in [0.15, 0.2) is 28.9 Å². The van der Waals surface area contributed by atoms with Gasteiger partial charge in [-0.2, -0.15) is 4.98 Å². The highest BCUT2D eigenvalue weighted by atomic mass is 16.5. The Balaban J connectivity index is 1.43. The highest BCUT2D eigenvalue weighted by Crippen LogP contribution is 2.39. The fraction of sp³-hybridized carbons (Fsp3) is 0.579. The average molecular weight is 355 g/mol. The van der Waals surface area contributed by atoms with Gasteiger partial charge >= 0.3 is 0 Å². The summed E-state index contributed by atoms with van der Waals surface area (Å²) >= 11 is 0. The van der Waals surface area contributed by atoms with Crippen molar-refractivity contribution in [3.63, 3.8) is 0 Å². The molecule has 7 nitrogen and oxygen atoms in total. The summed E-state index contributed by atoms with van der Waals surface area (Å²) in [6, 6.07) is 5.86. The SMILES string of the molecule is Cc1nc(CN2CCCC3(CCC(=O)N(Cc4ccccn4)C3)C2)no1. The van der Waals surface area contributed by atoms with Gasteiger partial charge in [-0.25, -0.2) is 0 Å². The van der Waals surface area contributed by atoms with Crippen LogP contribution in [0.1, 0.15) is 43.1 Å². The number of aromatic nitrogens is 3. The summed E-state index contributed by atoms with van der Waals surface area (Å²) in [5, 5.41) is 4.03. The zero-order valence-corrected chi connectivity index (χ0v) is 15.2. The molecule has 1 atom stereocenters. The molecule has 2 aliphatic rings. The molecule has 2 fully saturated rings. The van der Waals surface area contributed by atoms with Gasteiger partial charge in [0.25, 0.3) is 0 Å². The van der Waals surface area contributed by atoms with Crippen molar-refractivity contribution in [3.8, 4) is 0 Å². The van der Waals surface area contributed by atoms with Gasteiger partial charge in [-0.15, -0.1) is 0 Å². The van der Waals surface area contributed by atoms with Gasteiger partial charge in [0, 0.05) is 38.0 Å². The number of likely N-dealkylation sites (tertiary alicyclic amines) is 2. The standard InChI is InChI=1S/C19H25N5O2/c1-15-21-17(22-26-15)12-23-10-4-7-19(13-23)8-6-18(25)24(14-19)11-16-5-2-3-9-20-16/h2-3,5,9H,4,6-8,10-14H2,1H3. The molecule has 2 saturated heterocycles. The monoisotopic (exact) mass is 355 g/mol. The van der Waals surface area contributed by atoms with E-state index in [1.165, 1.54) is 6.42 Å². The van der Waals surface area contributed by atoms with Crippen LogP contribution in [-0.4, -0.2) is 50.5 Å². The lowest BCUT2D eigenvalue weighted by molar-refractivity contribution is -0.140. The van der Waals surface area contributed by atoms with E-state index in [-0.39, 0.29) is 11.3 Å². The zero-order valence-electron chi connectivity index (χ0n) is 15.2. The highest BCUT2D eigenvalue weighted by molar-refractivity contribution is 5.77. The lowest BCUT2D eigenvalue weighted by Crippen LogP contribution is -2.53. The maximum atomic E-state index is 12.5. The number of amides is 1. The van der Waals surface area contributed by atoms with Crippen molar-refractivity contribution in [2.45, 2.75) is 45.7 Å². The third-order valence-corrected chi connectivity index (χ3v) is 5.50. The molecule has 1 amide bonds. The van der Waals surface area contributed by atoms with Crippen LogP contribution in [0.5, 0.6) is 0 Å². The second kappa shape index (κ2) is 7.15. The molecule has 4 heterocycles. The molecule has 0 aliphatic carbocycles. The molecule has 1 unspecified atom stereocenters. The van der Waals surface area contributed by atoms with Crippen molar-refractivity contribution in [2.75, 3.05) is 19.6 Å². The van der Waals surface area contributed by atoms with Gasteiger partial charge in [0.05, 0.1) is 18.8 Å². The fourth-order valence-corrected chi connectivity index (χ4v) is 4.32. The first-order chi connectivity index (χ1) is 12.6. The summed E-state index contributed by atoms with van der Waals surface area (Å²) < 4.78 is 5.09. The maximum Gasteiger partial charge on any atom is 0.223 e. The molecule has 26 heavy (non-hydrogen) atoms. The van der Waals surface area contributed by atoms with E-state index in [0.717, 1.165) is 44.0 Å². The van der Waals surface area contributed by atoms with E-state index in [1.54, 1.807) is 6.20 Å². The van der Waals surface area contributed by atoms with Crippen molar-refractivity contribution in [1.82, 2.24) is 24.9 Å². The second-order valence-electron chi connectivity index (χ2n) is 7.61. The van der Waals surface area contributed by atoms with E-state index < -0.39 is 0 Å². The second-order valence-corrected chi connectivity index (χ2v) is 7.61. The van der Waals surface area contributed by atoms with Crippen LogP contribution in [0.25, 0.3) is 0 Å². The van der Waals surface area contributed by atoms with Gasteiger partial charge < -0.3 is 9.42 Å². The maximum absolute atomic E-state index is 12.5. The smallest absolute Gasteiger partial charge is 0.223 e. The van der Waals surface area contributed by atoms with E-state index in [1.807, 2.05) is 30.0 Å². The first-order valence-corrected chi connectivity index (χ1v) is 9.31. The Kier molecular flexibility index (Phi) is 4.72. The summed E-state index contributed by atoms with van der Waals surface area (Å²) in [7, 11) is 0. The summed E-state index contributed by atoms with van der Waals surface area (Å²) in [6.07, 6.45) is 5.69. The van der Waals surface area contributed by atoms with Crippen LogP contribution in [0.2, 0.25) is 0 Å². The topological polar surface area (TPSA) is 75.4 Å². The third kappa shape index (κ3) is 3.77. The summed E-state index contributed by atoms with van der Waals surface area (Å²) in [5.41, 5.74) is 1.12. The van der Waals surface area contributed by atoms with Gasteiger partial charge in [0.15, 0.2) is 5.82 Å². The number of aryl methyl sites for hydroxylation is 1. The van der Waals surface area contributed by atoms with Gasteiger partial charge in [0.2, 0.25) is 11.8 Å². The van der Waals surface area contributed by atoms with Gasteiger partial charge in [-0.3, -0.25) is 14.7 Å². The first-order valence-electron chi connectivity index (χ1n) is 9.31. The van der Waals surface area contributed by atoms with Crippen LogP contribution in [0, 0.1) is 12.3 Å². The van der Waals surface area contributed by atoms with Crippen LogP contribution in [0.4, 0.5) is 0 Å². The average Bonchev–Trinajstić information content (AvgIpc) is 3.04. The molecule has 0 saturated carbocycles. The van der Waals surface area contributed by atoms with Crippen LogP contribution in [0.3, 0.4) is 0 Å². The summed E-state index contributed by atoms with van der Waals surface area (Å²) in [5.74, 6) is 1.60. The molecule has 2 aromatic heterocycles. The van der Waals surface area contributed by atoms with E-state index in [9.17, 15) is 4.79 Å². The predicted octanol–water partition coefficient (Wildman–Crippen LogP) is 2.18. The van der Waals surface area contributed by atoms with Crippen molar-refractivity contribution in [2.24, 2.45) is 5.41 Å². The molecule has 1 spiro atoms. The molecule has 7 heteroatoms. The minimum Gasteiger partial charge on any atom is -0.340 e. The van der Waals surface area contributed by atoms with E-state index in [2.05, 4.69) is 20.0 Å². The quantitative estimate of drug-likeness (QED) is 0.837. The van der Waals surface area contributed by atoms with Crippen molar-refractivity contribution < 1.29 is 9.32 Å². The molecule has 0 radical (unpaired) electrons. The van der Waals surface area contributed by atoms with Gasteiger partial charge in [-0.1, -0.05) is 11.2 Å². The fourth-order valence-electron chi connectivity index (χ4n) is 4.32. The molecule has 0 aromatic carbocycles. The lowest BCUT2D eigenvalue weighted by Gasteiger charge is -2.48. The minimum atomic E-state index is 0.166. The van der Waals surface area contributed by atoms with Crippen molar-refractivity contribution >= 4 is 5.91 Å². The summed E-state index contributed by atoms with van der Waals surface area (Å²) in [6.45, 7) is 5.97. The van der Waals surface area contributed by atoms with E-state index in [0.29, 0.717) is 25.4 Å². The normalized spacial score (nSPS) is 24.3. The number of carbonyl (C=O) groups excluding carboxylic acids is 1. The van der Waals surface area contributed by atoms with Crippen LogP contribution in [-0.2, 0) is 17.9 Å². The Morgan fingerprint density at radius 3 is 2.92 bits per heavy atom. The van der Waals surface area contributed by atoms with Crippen LogP contribution < -0.4 is 0 Å².